The Morgan fingerprint density at radius 2 is 0.850 bits per heavy atom. The maximum atomic E-state index is 3.29. The van der Waals surface area contributed by atoms with Gasteiger partial charge in [0, 0.05) is 0 Å². The van der Waals surface area contributed by atoms with Crippen molar-refractivity contribution in [2.75, 3.05) is 0 Å². The number of halogens is 2. The van der Waals surface area contributed by atoms with E-state index in [9.17, 15) is 0 Å². The molecule has 0 aromatic carbocycles. The van der Waals surface area contributed by atoms with E-state index in [0.717, 1.165) is 12.8 Å². The molecular formula is C34H52Cl2Si2Zr2-2. The zero-order valence-electron chi connectivity index (χ0n) is 27.6. The van der Waals surface area contributed by atoms with Crippen LogP contribution in [0.25, 0.3) is 0 Å². The molecule has 0 aliphatic heterocycles. The van der Waals surface area contributed by atoms with Crippen molar-refractivity contribution in [2.45, 2.75) is 108 Å². The first kappa shape index (κ1) is 47.6. The van der Waals surface area contributed by atoms with Crippen molar-refractivity contribution in [1.82, 2.24) is 0 Å². The van der Waals surface area contributed by atoms with Crippen LogP contribution in [0.5, 0.6) is 0 Å². The molecule has 0 nitrogen and oxygen atoms in total. The third kappa shape index (κ3) is 30.2. The van der Waals surface area contributed by atoms with E-state index in [1.54, 1.807) is 46.7 Å². The van der Waals surface area contributed by atoms with Gasteiger partial charge in [-0.05, 0) is 0 Å². The summed E-state index contributed by atoms with van der Waals surface area (Å²) in [6.45, 7) is 30.4. The zero-order valence-corrected chi connectivity index (χ0v) is 36.1. The van der Waals surface area contributed by atoms with Crippen molar-refractivity contribution in [3.05, 3.63) is 93.2 Å². The van der Waals surface area contributed by atoms with Crippen LogP contribution in [0.4, 0.5) is 0 Å². The van der Waals surface area contributed by atoms with E-state index in [0.29, 0.717) is 11.8 Å². The summed E-state index contributed by atoms with van der Waals surface area (Å²) < 4.78 is 0. The molecular weight excluding hydrogens is 718 g/mol. The molecule has 0 heterocycles. The van der Waals surface area contributed by atoms with Crippen molar-refractivity contribution in [2.24, 2.45) is 11.8 Å². The maximum Gasteiger partial charge on any atom is -1.00 e. The Morgan fingerprint density at radius 1 is 0.600 bits per heavy atom. The molecule has 2 atom stereocenters. The molecule has 4 rings (SSSR count). The summed E-state index contributed by atoms with van der Waals surface area (Å²) in [4.78, 5) is 0. The summed E-state index contributed by atoms with van der Waals surface area (Å²) in [6.07, 6.45) is 23.9. The van der Waals surface area contributed by atoms with Gasteiger partial charge < -0.3 is 24.8 Å². The van der Waals surface area contributed by atoms with Crippen molar-refractivity contribution in [1.29, 1.82) is 0 Å². The van der Waals surface area contributed by atoms with Gasteiger partial charge in [-0.25, -0.2) is 45.6 Å². The van der Waals surface area contributed by atoms with Crippen LogP contribution in [-0.4, -0.2) is 10.9 Å². The van der Waals surface area contributed by atoms with Crippen LogP contribution in [0.2, 0.25) is 26.2 Å². The van der Waals surface area contributed by atoms with Crippen LogP contribution in [-0.2, 0) is 46.7 Å². The second kappa shape index (κ2) is 27.3. The molecule has 0 bridgehead atoms. The molecule has 0 aromatic rings. The van der Waals surface area contributed by atoms with Crippen LogP contribution in [0, 0.1) is 36.1 Å². The molecule has 0 spiro atoms. The Bertz CT molecular complexity index is 924. The fourth-order valence-electron chi connectivity index (χ4n) is 3.50. The van der Waals surface area contributed by atoms with Crippen LogP contribution < -0.4 is 24.8 Å². The summed E-state index contributed by atoms with van der Waals surface area (Å²) in [6, 6.07) is 0. The Labute approximate surface area is 292 Å². The van der Waals surface area contributed by atoms with E-state index in [1.807, 2.05) is 0 Å². The SMILES string of the molecule is CC1=[C-]C(C)C=C1C.CC1=[C-]C(C)C=C1C.CC1=[C-]CC(C)=C1.CC1=[C-]CC(C)=C1.C[Si](C)=[Zr+2].C[Si](C)=[Zr+2].[Cl-].[Cl-]. The summed E-state index contributed by atoms with van der Waals surface area (Å²) in [5.41, 5.74) is 11.3. The van der Waals surface area contributed by atoms with E-state index in [4.69, 9.17) is 0 Å². The second-order valence-corrected chi connectivity index (χ2v) is 29.6. The van der Waals surface area contributed by atoms with Crippen LogP contribution >= 0.6 is 0 Å². The van der Waals surface area contributed by atoms with Crippen molar-refractivity contribution in [3.63, 3.8) is 0 Å². The fourth-order valence-corrected chi connectivity index (χ4v) is 3.50. The van der Waals surface area contributed by atoms with E-state index in [-0.39, 0.29) is 35.7 Å². The molecule has 220 valence electrons. The van der Waals surface area contributed by atoms with E-state index in [1.165, 1.54) is 44.6 Å². The number of allylic oxidation sites excluding steroid dienone is 16. The summed E-state index contributed by atoms with van der Waals surface area (Å²) in [5, 5.41) is 0. The zero-order chi connectivity index (χ0) is 30.0. The average molecular weight is 770 g/mol. The minimum atomic E-state index is 0. The van der Waals surface area contributed by atoms with E-state index < -0.39 is 0 Å². The molecule has 4 aliphatic carbocycles. The van der Waals surface area contributed by atoms with Gasteiger partial charge in [0.15, 0.2) is 0 Å². The smallest absolute Gasteiger partial charge is 1.00 e. The van der Waals surface area contributed by atoms with Gasteiger partial charge in [-0.2, -0.15) is 23.3 Å². The van der Waals surface area contributed by atoms with Gasteiger partial charge in [-0.1, -0.05) is 67.2 Å². The van der Waals surface area contributed by atoms with E-state index >= 15 is 0 Å². The molecule has 0 aromatic heterocycles. The minimum Gasteiger partial charge on any atom is -1.00 e. The van der Waals surface area contributed by atoms with Gasteiger partial charge in [0.1, 0.15) is 0 Å². The predicted octanol–water partition coefficient (Wildman–Crippen LogP) is 4.41. The maximum absolute atomic E-state index is 3.29. The first-order chi connectivity index (χ1) is 17.4. The quantitative estimate of drug-likeness (QED) is 0.253. The molecule has 4 aliphatic rings. The summed E-state index contributed by atoms with van der Waals surface area (Å²) in [7, 11) is 0. The van der Waals surface area contributed by atoms with Crippen molar-refractivity contribution in [3.8, 4) is 0 Å². The Morgan fingerprint density at radius 3 is 0.900 bits per heavy atom. The van der Waals surface area contributed by atoms with Gasteiger partial charge in [0.05, 0.1) is 0 Å². The first-order valence-electron chi connectivity index (χ1n) is 13.5. The molecule has 0 fully saturated rings. The van der Waals surface area contributed by atoms with Gasteiger partial charge in [-0.15, -0.1) is 26.7 Å². The van der Waals surface area contributed by atoms with Crippen LogP contribution in [0.1, 0.15) is 82.1 Å². The van der Waals surface area contributed by atoms with Gasteiger partial charge in [0.2, 0.25) is 0 Å². The summed E-state index contributed by atoms with van der Waals surface area (Å²) >= 11 is 3.48. The molecule has 2 unspecified atom stereocenters. The molecule has 0 N–H and O–H groups in total. The topological polar surface area (TPSA) is 0 Å². The van der Waals surface area contributed by atoms with E-state index in [2.05, 4.69) is 144 Å². The average Bonchev–Trinajstić information content (AvgIpc) is 3.47. The Hall–Kier alpha value is 0.700. The summed E-state index contributed by atoms with van der Waals surface area (Å²) in [5.74, 6) is 1.10. The van der Waals surface area contributed by atoms with Crippen LogP contribution in [0.15, 0.2) is 68.9 Å². The first-order valence-corrected chi connectivity index (χ1v) is 25.9. The normalized spacial score (nSPS) is 19.1. The number of hydrogen-bond acceptors (Lipinski definition) is 0. The Balaban J connectivity index is -0.000000196. The third-order valence-corrected chi connectivity index (χ3v) is 5.29. The van der Waals surface area contributed by atoms with Crippen molar-refractivity contribution < 1.29 is 71.5 Å². The third-order valence-electron chi connectivity index (χ3n) is 5.29. The number of hydrogen-bond donors (Lipinski definition) is 0. The molecule has 0 amide bonds. The monoisotopic (exact) mass is 766 g/mol. The van der Waals surface area contributed by atoms with Gasteiger partial charge in [0.25, 0.3) is 0 Å². The minimum absolute atomic E-state index is 0. The van der Waals surface area contributed by atoms with Crippen LogP contribution in [0.3, 0.4) is 0 Å². The second-order valence-electron chi connectivity index (χ2n) is 10.9. The number of rotatable bonds is 0. The van der Waals surface area contributed by atoms with Gasteiger partial charge >= 0.3 is 83.7 Å². The molecule has 0 saturated carbocycles. The standard InChI is InChI=1S/2C8H11.2C7H9.2C2H6Si.2ClH.2Zr/c2*1-6-4-7(2)8(3)5-6;2*1-6-3-4-7(2)5-6;2*1-3-2;;;;/h2*4,6H,1-3H3;2*5H,3H2,1-2H3;2*1-2H3;2*1H;;/q4*-1;;;;;2*+2/p-2. The van der Waals surface area contributed by atoms with Gasteiger partial charge in [-0.3, -0.25) is 24.3 Å². The largest absolute Gasteiger partial charge is 1.00 e. The molecule has 0 saturated heterocycles. The molecule has 6 heteroatoms. The van der Waals surface area contributed by atoms with Crippen molar-refractivity contribution >= 4 is 10.9 Å². The molecule has 40 heavy (non-hydrogen) atoms. The fraction of sp³-hybridized carbons (Fsp3) is 0.529. The predicted molar refractivity (Wildman–Crippen MR) is 167 cm³/mol. The molecule has 0 radical (unpaired) electrons. The Kier molecular flexibility index (Phi) is 32.5.